The van der Waals surface area contributed by atoms with Crippen LogP contribution in [0.5, 0.6) is 0 Å². The van der Waals surface area contributed by atoms with Gasteiger partial charge in [0.1, 0.15) is 0 Å². The Kier molecular flexibility index (Phi) is 4.53. The number of nitrogens with zero attached hydrogens (tertiary/aromatic N) is 1. The maximum atomic E-state index is 12.7. The van der Waals surface area contributed by atoms with Crippen LogP contribution < -0.4 is 16.0 Å². The third-order valence-corrected chi connectivity index (χ3v) is 4.90. The Bertz CT molecular complexity index is 1100. The number of carbonyl (C=O) groups is 3. The van der Waals surface area contributed by atoms with Gasteiger partial charge in [-0.15, -0.1) is 0 Å². The highest BCUT2D eigenvalue weighted by molar-refractivity contribution is 6.25. The lowest BCUT2D eigenvalue weighted by Crippen LogP contribution is -2.28. The standard InChI is InChI=1S/C22H19N3O3/c23-21(27)15-8-1-2-10-17(15)24-19(26)12-5-13-25-18-11-4-7-14-6-3-9-16(20(14)18)22(25)28/h1-4,6-11H,5,12-13H2,(H2,23,27)(H,24,26). The molecule has 3 aromatic rings. The summed E-state index contributed by atoms with van der Waals surface area (Å²) in [4.78, 5) is 38.2. The van der Waals surface area contributed by atoms with Gasteiger partial charge in [-0.1, -0.05) is 36.4 Å². The third kappa shape index (κ3) is 3.09. The van der Waals surface area contributed by atoms with Crippen molar-refractivity contribution < 1.29 is 14.4 Å². The minimum atomic E-state index is -0.593. The molecule has 0 saturated heterocycles. The van der Waals surface area contributed by atoms with E-state index >= 15 is 0 Å². The SMILES string of the molecule is NC(=O)c1ccccc1NC(=O)CCCN1C(=O)c2cccc3cccc1c23. The molecule has 1 aliphatic heterocycles. The van der Waals surface area contributed by atoms with Crippen LogP contribution in [0.15, 0.2) is 60.7 Å². The lowest BCUT2D eigenvalue weighted by molar-refractivity contribution is -0.116. The van der Waals surface area contributed by atoms with E-state index in [0.717, 1.165) is 16.5 Å². The van der Waals surface area contributed by atoms with Crippen LogP contribution in [0.1, 0.15) is 33.6 Å². The highest BCUT2D eigenvalue weighted by Gasteiger charge is 2.29. The minimum Gasteiger partial charge on any atom is -0.366 e. The molecule has 0 unspecified atom stereocenters. The summed E-state index contributed by atoms with van der Waals surface area (Å²) >= 11 is 0. The quantitative estimate of drug-likeness (QED) is 0.694. The van der Waals surface area contributed by atoms with Crippen molar-refractivity contribution >= 4 is 39.9 Å². The third-order valence-electron chi connectivity index (χ3n) is 4.90. The maximum absolute atomic E-state index is 12.7. The lowest BCUT2D eigenvalue weighted by atomic mass is 10.1. The van der Waals surface area contributed by atoms with E-state index in [4.69, 9.17) is 5.73 Å². The molecular formula is C22H19N3O3. The lowest BCUT2D eigenvalue weighted by Gasteiger charge is -2.17. The first kappa shape index (κ1) is 17.7. The molecule has 3 aromatic carbocycles. The summed E-state index contributed by atoms with van der Waals surface area (Å²) in [6.45, 7) is 0.442. The number of hydrogen-bond donors (Lipinski definition) is 2. The van der Waals surface area contributed by atoms with Gasteiger partial charge in [-0.3, -0.25) is 14.4 Å². The number of primary amides is 1. The predicted octanol–water partition coefficient (Wildman–Crippen LogP) is 3.32. The van der Waals surface area contributed by atoms with E-state index in [1.807, 2.05) is 36.4 Å². The second-order valence-corrected chi connectivity index (χ2v) is 6.70. The van der Waals surface area contributed by atoms with Crippen molar-refractivity contribution in [1.29, 1.82) is 0 Å². The number of para-hydroxylation sites is 1. The number of hydrogen-bond acceptors (Lipinski definition) is 3. The van der Waals surface area contributed by atoms with E-state index in [0.29, 0.717) is 24.2 Å². The molecule has 0 spiro atoms. The van der Waals surface area contributed by atoms with Gasteiger partial charge >= 0.3 is 0 Å². The molecule has 28 heavy (non-hydrogen) atoms. The van der Waals surface area contributed by atoms with E-state index in [-0.39, 0.29) is 23.8 Å². The van der Waals surface area contributed by atoms with Crippen LogP contribution in [-0.4, -0.2) is 24.3 Å². The smallest absolute Gasteiger partial charge is 0.258 e. The zero-order chi connectivity index (χ0) is 19.7. The highest BCUT2D eigenvalue weighted by atomic mass is 16.2. The Morgan fingerprint density at radius 3 is 2.50 bits per heavy atom. The fraction of sp³-hybridized carbons (Fsp3) is 0.136. The number of benzene rings is 3. The number of amides is 3. The summed E-state index contributed by atoms with van der Waals surface area (Å²) in [5.74, 6) is -0.855. The molecule has 3 amide bonds. The Balaban J connectivity index is 1.41. The van der Waals surface area contributed by atoms with Crippen molar-refractivity contribution in [2.75, 3.05) is 16.8 Å². The number of nitrogens with one attached hydrogen (secondary N) is 1. The number of nitrogens with two attached hydrogens (primary N) is 1. The van der Waals surface area contributed by atoms with Gasteiger partial charge in [0.05, 0.1) is 16.9 Å². The number of rotatable bonds is 6. The molecule has 0 bridgehead atoms. The van der Waals surface area contributed by atoms with Gasteiger partial charge < -0.3 is 16.0 Å². The van der Waals surface area contributed by atoms with Crippen LogP contribution in [0.2, 0.25) is 0 Å². The Hall–Kier alpha value is -3.67. The first-order valence-electron chi connectivity index (χ1n) is 9.08. The van der Waals surface area contributed by atoms with Gasteiger partial charge in [0, 0.05) is 23.9 Å². The minimum absolute atomic E-state index is 0.0358. The molecular weight excluding hydrogens is 354 g/mol. The van der Waals surface area contributed by atoms with Gasteiger partial charge in [0.2, 0.25) is 5.91 Å². The van der Waals surface area contributed by atoms with Crippen molar-refractivity contribution in [3.63, 3.8) is 0 Å². The second-order valence-electron chi connectivity index (χ2n) is 6.70. The molecule has 140 valence electrons. The van der Waals surface area contributed by atoms with Gasteiger partial charge in [0.15, 0.2) is 0 Å². The van der Waals surface area contributed by atoms with E-state index < -0.39 is 5.91 Å². The van der Waals surface area contributed by atoms with Crippen molar-refractivity contribution in [1.82, 2.24) is 0 Å². The maximum Gasteiger partial charge on any atom is 0.258 e. The predicted molar refractivity (Wildman–Crippen MR) is 108 cm³/mol. The molecule has 0 fully saturated rings. The molecule has 0 atom stereocenters. The molecule has 1 heterocycles. The largest absolute Gasteiger partial charge is 0.366 e. The van der Waals surface area contributed by atoms with Crippen LogP contribution in [-0.2, 0) is 4.79 Å². The Labute approximate surface area is 161 Å². The van der Waals surface area contributed by atoms with Crippen molar-refractivity contribution in [2.45, 2.75) is 12.8 Å². The second kappa shape index (κ2) is 7.15. The van der Waals surface area contributed by atoms with E-state index in [2.05, 4.69) is 5.32 Å². The van der Waals surface area contributed by atoms with Crippen LogP contribution >= 0.6 is 0 Å². The summed E-state index contributed by atoms with van der Waals surface area (Å²) in [6.07, 6.45) is 0.726. The van der Waals surface area contributed by atoms with Gasteiger partial charge in [-0.25, -0.2) is 0 Å². The fourth-order valence-electron chi connectivity index (χ4n) is 3.62. The molecule has 6 nitrogen and oxygen atoms in total. The summed E-state index contributed by atoms with van der Waals surface area (Å²) in [5, 5.41) is 4.72. The van der Waals surface area contributed by atoms with Crippen LogP contribution in [0.3, 0.4) is 0 Å². The first-order chi connectivity index (χ1) is 13.6. The first-order valence-corrected chi connectivity index (χ1v) is 9.08. The van der Waals surface area contributed by atoms with Gasteiger partial charge in [0.25, 0.3) is 11.8 Å². The summed E-state index contributed by atoms with van der Waals surface area (Å²) < 4.78 is 0. The Morgan fingerprint density at radius 1 is 0.964 bits per heavy atom. The van der Waals surface area contributed by atoms with Crippen LogP contribution in [0.25, 0.3) is 10.8 Å². The molecule has 0 aromatic heterocycles. The van der Waals surface area contributed by atoms with Crippen molar-refractivity contribution in [3.8, 4) is 0 Å². The molecule has 0 aliphatic carbocycles. The molecule has 0 saturated carbocycles. The monoisotopic (exact) mass is 373 g/mol. The summed E-state index contributed by atoms with van der Waals surface area (Å²) in [7, 11) is 0. The van der Waals surface area contributed by atoms with Gasteiger partial charge in [-0.2, -0.15) is 0 Å². The van der Waals surface area contributed by atoms with E-state index in [1.54, 1.807) is 29.2 Å². The molecule has 1 aliphatic rings. The van der Waals surface area contributed by atoms with Gasteiger partial charge in [-0.05, 0) is 36.1 Å². The fourth-order valence-corrected chi connectivity index (χ4v) is 3.62. The molecule has 6 heteroatoms. The topological polar surface area (TPSA) is 92.5 Å². The average Bonchev–Trinajstić information content (AvgIpc) is 2.96. The van der Waals surface area contributed by atoms with E-state index in [1.165, 1.54) is 0 Å². The van der Waals surface area contributed by atoms with Crippen LogP contribution in [0, 0.1) is 0 Å². The number of carbonyl (C=O) groups excluding carboxylic acids is 3. The number of anilines is 2. The van der Waals surface area contributed by atoms with Crippen molar-refractivity contribution in [3.05, 3.63) is 71.8 Å². The van der Waals surface area contributed by atoms with E-state index in [9.17, 15) is 14.4 Å². The Morgan fingerprint density at radius 2 is 1.71 bits per heavy atom. The summed E-state index contributed by atoms with van der Waals surface area (Å²) in [5.41, 5.74) is 7.59. The highest BCUT2D eigenvalue weighted by Crippen LogP contribution is 2.37. The average molecular weight is 373 g/mol. The van der Waals surface area contributed by atoms with Crippen LogP contribution in [0.4, 0.5) is 11.4 Å². The molecule has 4 rings (SSSR count). The van der Waals surface area contributed by atoms with Crippen molar-refractivity contribution in [2.24, 2.45) is 5.73 Å². The summed E-state index contributed by atoms with van der Waals surface area (Å²) in [6, 6.07) is 18.2. The molecule has 0 radical (unpaired) electrons. The normalized spacial score (nSPS) is 12.4. The molecule has 3 N–H and O–H groups in total. The zero-order valence-corrected chi connectivity index (χ0v) is 15.1. The zero-order valence-electron chi connectivity index (χ0n) is 15.1.